The Labute approximate surface area is 111 Å². The first kappa shape index (κ1) is 15.4. The van der Waals surface area contributed by atoms with E-state index in [0.717, 1.165) is 32.4 Å². The molecule has 0 radical (unpaired) electrons. The van der Waals surface area contributed by atoms with Crippen LogP contribution in [0.4, 0.5) is 0 Å². The molecule has 1 amide bonds. The average molecular weight is 256 g/mol. The fourth-order valence-corrected chi connectivity index (χ4v) is 2.34. The van der Waals surface area contributed by atoms with E-state index in [1.165, 1.54) is 0 Å². The molecule has 0 saturated carbocycles. The summed E-state index contributed by atoms with van der Waals surface area (Å²) in [4.78, 5) is 11.9. The molecule has 0 aliphatic carbocycles. The molecule has 2 N–H and O–H groups in total. The zero-order valence-electron chi connectivity index (χ0n) is 12.2. The first-order valence-corrected chi connectivity index (χ1v) is 7.20. The zero-order valence-corrected chi connectivity index (χ0v) is 12.2. The Kier molecular flexibility index (Phi) is 6.65. The van der Waals surface area contributed by atoms with Crippen LogP contribution in [0.2, 0.25) is 0 Å². The lowest BCUT2D eigenvalue weighted by Gasteiger charge is -2.21. The smallest absolute Gasteiger partial charge is 0.237 e. The molecule has 1 aliphatic heterocycles. The number of carbonyl (C=O) groups is 1. The van der Waals surface area contributed by atoms with Gasteiger partial charge in [0.2, 0.25) is 5.91 Å². The molecular formula is C14H28N2O2. The van der Waals surface area contributed by atoms with Gasteiger partial charge in [-0.2, -0.15) is 0 Å². The summed E-state index contributed by atoms with van der Waals surface area (Å²) in [5, 5.41) is 6.34. The summed E-state index contributed by atoms with van der Waals surface area (Å²) in [5.41, 5.74) is 0. The molecule has 106 valence electrons. The van der Waals surface area contributed by atoms with Gasteiger partial charge in [0, 0.05) is 19.2 Å². The summed E-state index contributed by atoms with van der Waals surface area (Å²) in [7, 11) is 0. The minimum absolute atomic E-state index is 0.0996. The van der Waals surface area contributed by atoms with Crippen molar-refractivity contribution in [3.63, 3.8) is 0 Å². The molecule has 1 saturated heterocycles. The maximum Gasteiger partial charge on any atom is 0.237 e. The standard InChI is InChI=1S/C14H28N2O2/c1-5-6-10(2)16-14(17)11(3)15-9-13-7-8-18-12(13)4/h10-13,15H,5-9H2,1-4H3,(H,16,17). The molecule has 1 aliphatic rings. The summed E-state index contributed by atoms with van der Waals surface area (Å²) >= 11 is 0. The normalized spacial score (nSPS) is 26.9. The van der Waals surface area contributed by atoms with Crippen molar-refractivity contribution in [1.82, 2.24) is 10.6 Å². The van der Waals surface area contributed by atoms with Crippen LogP contribution in [0.15, 0.2) is 0 Å². The summed E-state index contributed by atoms with van der Waals surface area (Å²) in [6.07, 6.45) is 3.53. The second-order valence-electron chi connectivity index (χ2n) is 5.45. The van der Waals surface area contributed by atoms with Crippen molar-refractivity contribution in [2.45, 2.75) is 65.1 Å². The average Bonchev–Trinajstić information content (AvgIpc) is 2.72. The Bertz CT molecular complexity index is 258. The van der Waals surface area contributed by atoms with Crippen molar-refractivity contribution in [1.29, 1.82) is 0 Å². The second kappa shape index (κ2) is 7.74. The van der Waals surface area contributed by atoms with Gasteiger partial charge in [0.25, 0.3) is 0 Å². The van der Waals surface area contributed by atoms with Crippen molar-refractivity contribution in [2.75, 3.05) is 13.2 Å². The van der Waals surface area contributed by atoms with Gasteiger partial charge in [0.15, 0.2) is 0 Å². The molecule has 0 bridgehead atoms. The lowest BCUT2D eigenvalue weighted by molar-refractivity contribution is -0.123. The van der Waals surface area contributed by atoms with Gasteiger partial charge in [-0.3, -0.25) is 4.79 Å². The highest BCUT2D eigenvalue weighted by Gasteiger charge is 2.25. The van der Waals surface area contributed by atoms with Gasteiger partial charge in [-0.05, 0) is 39.5 Å². The topological polar surface area (TPSA) is 50.4 Å². The van der Waals surface area contributed by atoms with E-state index < -0.39 is 0 Å². The maximum atomic E-state index is 11.9. The monoisotopic (exact) mass is 256 g/mol. The molecule has 4 nitrogen and oxygen atoms in total. The van der Waals surface area contributed by atoms with Gasteiger partial charge in [0.1, 0.15) is 0 Å². The van der Waals surface area contributed by atoms with Crippen LogP contribution < -0.4 is 10.6 Å². The molecule has 0 aromatic carbocycles. The molecule has 1 heterocycles. The van der Waals surface area contributed by atoms with Crippen LogP contribution in [0.25, 0.3) is 0 Å². The molecule has 0 aromatic rings. The summed E-state index contributed by atoms with van der Waals surface area (Å²) in [6.45, 7) is 9.92. The Hall–Kier alpha value is -0.610. The van der Waals surface area contributed by atoms with Gasteiger partial charge < -0.3 is 15.4 Å². The van der Waals surface area contributed by atoms with E-state index in [9.17, 15) is 4.79 Å². The van der Waals surface area contributed by atoms with Gasteiger partial charge in [-0.1, -0.05) is 13.3 Å². The first-order valence-electron chi connectivity index (χ1n) is 7.20. The summed E-state index contributed by atoms with van der Waals surface area (Å²) in [6, 6.07) is 0.137. The van der Waals surface area contributed by atoms with Crippen LogP contribution in [0.1, 0.15) is 47.0 Å². The fraction of sp³-hybridized carbons (Fsp3) is 0.929. The third kappa shape index (κ3) is 4.94. The van der Waals surface area contributed by atoms with Crippen molar-refractivity contribution < 1.29 is 9.53 Å². The molecule has 18 heavy (non-hydrogen) atoms. The molecule has 0 spiro atoms. The maximum absolute atomic E-state index is 11.9. The van der Waals surface area contributed by atoms with Crippen LogP contribution in [0.5, 0.6) is 0 Å². The largest absolute Gasteiger partial charge is 0.378 e. The van der Waals surface area contributed by atoms with Crippen molar-refractivity contribution in [2.24, 2.45) is 5.92 Å². The molecule has 0 aromatic heterocycles. The van der Waals surface area contributed by atoms with E-state index in [1.807, 2.05) is 6.92 Å². The number of hydrogen-bond acceptors (Lipinski definition) is 3. The second-order valence-corrected chi connectivity index (χ2v) is 5.45. The minimum atomic E-state index is -0.128. The highest BCUT2D eigenvalue weighted by atomic mass is 16.5. The minimum Gasteiger partial charge on any atom is -0.378 e. The van der Waals surface area contributed by atoms with Crippen molar-refractivity contribution in [3.8, 4) is 0 Å². The highest BCUT2D eigenvalue weighted by Crippen LogP contribution is 2.19. The predicted molar refractivity (Wildman–Crippen MR) is 73.5 cm³/mol. The van der Waals surface area contributed by atoms with Crippen LogP contribution in [-0.4, -0.2) is 37.2 Å². The van der Waals surface area contributed by atoms with Gasteiger partial charge in [0.05, 0.1) is 12.1 Å². The zero-order chi connectivity index (χ0) is 13.5. The number of rotatable bonds is 7. The molecule has 4 unspecified atom stereocenters. The number of carbonyl (C=O) groups excluding carboxylic acids is 1. The molecule has 4 atom stereocenters. The summed E-state index contributed by atoms with van der Waals surface area (Å²) < 4.78 is 5.51. The molecule has 4 heteroatoms. The van der Waals surface area contributed by atoms with E-state index in [2.05, 4.69) is 31.4 Å². The predicted octanol–water partition coefficient (Wildman–Crippen LogP) is 1.69. The van der Waals surface area contributed by atoms with E-state index >= 15 is 0 Å². The number of amides is 1. The molecular weight excluding hydrogens is 228 g/mol. The van der Waals surface area contributed by atoms with E-state index in [1.54, 1.807) is 0 Å². The number of ether oxygens (including phenoxy) is 1. The number of nitrogens with one attached hydrogen (secondary N) is 2. The summed E-state index contributed by atoms with van der Waals surface area (Å²) in [5.74, 6) is 0.635. The van der Waals surface area contributed by atoms with Crippen LogP contribution in [0.3, 0.4) is 0 Å². The fourth-order valence-electron chi connectivity index (χ4n) is 2.34. The lowest BCUT2D eigenvalue weighted by atomic mass is 10.0. The van der Waals surface area contributed by atoms with Gasteiger partial charge in [-0.25, -0.2) is 0 Å². The third-order valence-corrected chi connectivity index (χ3v) is 3.72. The van der Waals surface area contributed by atoms with Crippen molar-refractivity contribution >= 4 is 5.91 Å². The SMILES string of the molecule is CCCC(C)NC(=O)C(C)NCC1CCOC1C. The van der Waals surface area contributed by atoms with Crippen LogP contribution >= 0.6 is 0 Å². The Morgan fingerprint density at radius 1 is 1.44 bits per heavy atom. The van der Waals surface area contributed by atoms with Crippen LogP contribution in [-0.2, 0) is 9.53 Å². The van der Waals surface area contributed by atoms with E-state index in [4.69, 9.17) is 4.74 Å². The Morgan fingerprint density at radius 3 is 2.72 bits per heavy atom. The third-order valence-electron chi connectivity index (χ3n) is 3.72. The Balaban J connectivity index is 2.22. The quantitative estimate of drug-likeness (QED) is 0.729. The highest BCUT2D eigenvalue weighted by molar-refractivity contribution is 5.81. The molecule has 1 fully saturated rings. The lowest BCUT2D eigenvalue weighted by Crippen LogP contribution is -2.47. The van der Waals surface area contributed by atoms with Gasteiger partial charge in [-0.15, -0.1) is 0 Å². The van der Waals surface area contributed by atoms with Gasteiger partial charge >= 0.3 is 0 Å². The van der Waals surface area contributed by atoms with E-state index in [0.29, 0.717) is 12.0 Å². The molecule has 1 rings (SSSR count). The van der Waals surface area contributed by atoms with Crippen molar-refractivity contribution in [3.05, 3.63) is 0 Å². The Morgan fingerprint density at radius 2 is 2.17 bits per heavy atom. The van der Waals surface area contributed by atoms with Crippen LogP contribution in [0, 0.1) is 5.92 Å². The van der Waals surface area contributed by atoms with E-state index in [-0.39, 0.29) is 18.0 Å². The first-order chi connectivity index (χ1) is 8.54. The number of hydrogen-bond donors (Lipinski definition) is 2.